The van der Waals surface area contributed by atoms with Gasteiger partial charge in [-0.15, -0.1) is 0 Å². The van der Waals surface area contributed by atoms with E-state index in [0.29, 0.717) is 16.7 Å². The van der Waals surface area contributed by atoms with Crippen LogP contribution in [0.3, 0.4) is 0 Å². The first kappa shape index (κ1) is 12.2. The Labute approximate surface area is 112 Å². The van der Waals surface area contributed by atoms with E-state index in [-0.39, 0.29) is 5.56 Å². The summed E-state index contributed by atoms with van der Waals surface area (Å²) in [6.45, 7) is 0. The molecular formula is C14H10FN3O2. The van der Waals surface area contributed by atoms with Crippen LogP contribution in [-0.2, 0) is 0 Å². The molecule has 0 bridgehead atoms. The highest BCUT2D eigenvalue weighted by Gasteiger charge is 2.16. The summed E-state index contributed by atoms with van der Waals surface area (Å²) >= 11 is 0. The first-order chi connectivity index (χ1) is 9.56. The predicted molar refractivity (Wildman–Crippen MR) is 73.1 cm³/mol. The number of aromatic nitrogens is 2. The zero-order valence-electron chi connectivity index (χ0n) is 10.3. The van der Waals surface area contributed by atoms with E-state index < -0.39 is 17.4 Å². The fraction of sp³-hybridized carbons (Fsp3) is 0. The summed E-state index contributed by atoms with van der Waals surface area (Å²) < 4.78 is 14.1. The summed E-state index contributed by atoms with van der Waals surface area (Å²) in [6, 6.07) is 9.92. The number of H-pyrrole nitrogens is 1. The van der Waals surface area contributed by atoms with Gasteiger partial charge in [0.25, 0.3) is 5.91 Å². The van der Waals surface area contributed by atoms with Crippen molar-refractivity contribution in [2.45, 2.75) is 0 Å². The number of aromatic amines is 1. The van der Waals surface area contributed by atoms with Gasteiger partial charge in [0.05, 0.1) is 11.0 Å². The quantitative estimate of drug-likeness (QED) is 0.661. The minimum atomic E-state index is -0.605. The van der Waals surface area contributed by atoms with Gasteiger partial charge in [0, 0.05) is 11.3 Å². The average Bonchev–Trinajstić information content (AvgIpc) is 2.73. The maximum Gasteiger partial charge on any atom is 0.333 e. The number of nitrogens with one attached hydrogen (secondary N) is 1. The number of halogens is 1. The van der Waals surface area contributed by atoms with Crippen LogP contribution in [0.2, 0.25) is 0 Å². The Morgan fingerprint density at radius 1 is 1.20 bits per heavy atom. The Balaban J connectivity index is 2.24. The van der Waals surface area contributed by atoms with Crippen molar-refractivity contribution in [3.8, 4) is 0 Å². The number of anilines is 1. The third-order valence-corrected chi connectivity index (χ3v) is 2.98. The lowest BCUT2D eigenvalue weighted by Gasteiger charge is -2.03. The van der Waals surface area contributed by atoms with Crippen molar-refractivity contribution in [3.63, 3.8) is 0 Å². The van der Waals surface area contributed by atoms with E-state index in [0.717, 1.165) is 10.6 Å². The molecule has 0 aliphatic heterocycles. The lowest BCUT2D eigenvalue weighted by Crippen LogP contribution is -2.24. The van der Waals surface area contributed by atoms with E-state index in [4.69, 9.17) is 5.73 Å². The SMILES string of the molecule is Nc1ccc2[nH]c(=O)n(C(=O)c3cccc(F)c3)c2c1. The lowest BCUT2D eigenvalue weighted by molar-refractivity contribution is 0.0960. The topological polar surface area (TPSA) is 80.9 Å². The molecule has 5 nitrogen and oxygen atoms in total. The summed E-state index contributed by atoms with van der Waals surface area (Å²) in [4.78, 5) is 26.8. The number of imidazole rings is 1. The fourth-order valence-electron chi connectivity index (χ4n) is 2.07. The predicted octanol–water partition coefficient (Wildman–Crippen LogP) is 1.74. The molecule has 100 valence electrons. The van der Waals surface area contributed by atoms with Crippen molar-refractivity contribution in [2.75, 3.05) is 5.73 Å². The van der Waals surface area contributed by atoms with Gasteiger partial charge in [-0.1, -0.05) is 6.07 Å². The number of carbonyl (C=O) groups is 1. The molecule has 0 radical (unpaired) electrons. The third-order valence-electron chi connectivity index (χ3n) is 2.98. The number of benzene rings is 2. The second kappa shape index (κ2) is 4.34. The molecule has 0 saturated carbocycles. The second-order valence-corrected chi connectivity index (χ2v) is 4.36. The zero-order valence-corrected chi connectivity index (χ0v) is 10.3. The molecule has 20 heavy (non-hydrogen) atoms. The van der Waals surface area contributed by atoms with Crippen LogP contribution < -0.4 is 11.4 Å². The van der Waals surface area contributed by atoms with Gasteiger partial charge in [-0.2, -0.15) is 0 Å². The minimum Gasteiger partial charge on any atom is -0.399 e. The largest absolute Gasteiger partial charge is 0.399 e. The minimum absolute atomic E-state index is 0.0930. The van der Waals surface area contributed by atoms with Gasteiger partial charge in [-0.05, 0) is 36.4 Å². The molecule has 0 atom stereocenters. The third kappa shape index (κ3) is 1.87. The standard InChI is InChI=1S/C14H10FN3O2/c15-9-3-1-2-8(6-9)13(19)18-12-7-10(16)4-5-11(12)17-14(18)20/h1-7H,16H2,(H,17,20). The number of hydrogen-bond acceptors (Lipinski definition) is 3. The monoisotopic (exact) mass is 271 g/mol. The van der Waals surface area contributed by atoms with Gasteiger partial charge < -0.3 is 10.7 Å². The highest BCUT2D eigenvalue weighted by atomic mass is 19.1. The Morgan fingerprint density at radius 3 is 2.75 bits per heavy atom. The summed E-state index contributed by atoms with van der Waals surface area (Å²) in [5.74, 6) is -1.14. The Kier molecular flexibility index (Phi) is 2.64. The van der Waals surface area contributed by atoms with E-state index in [1.54, 1.807) is 12.1 Å². The van der Waals surface area contributed by atoms with Gasteiger partial charge in [-0.25, -0.2) is 13.8 Å². The van der Waals surface area contributed by atoms with Crippen molar-refractivity contribution in [3.05, 3.63) is 64.3 Å². The van der Waals surface area contributed by atoms with Gasteiger partial charge in [0.15, 0.2) is 0 Å². The van der Waals surface area contributed by atoms with Gasteiger partial charge >= 0.3 is 5.69 Å². The number of rotatable bonds is 1. The summed E-state index contributed by atoms with van der Waals surface area (Å²) in [6.07, 6.45) is 0. The number of nitrogen functional groups attached to an aromatic ring is 1. The van der Waals surface area contributed by atoms with E-state index in [1.807, 2.05) is 0 Å². The molecule has 3 aromatic rings. The van der Waals surface area contributed by atoms with Crippen LogP contribution in [0.5, 0.6) is 0 Å². The number of fused-ring (bicyclic) bond motifs is 1. The molecule has 0 aliphatic rings. The smallest absolute Gasteiger partial charge is 0.333 e. The molecule has 1 heterocycles. The fourth-order valence-corrected chi connectivity index (χ4v) is 2.07. The van der Waals surface area contributed by atoms with Crippen molar-refractivity contribution in [1.82, 2.24) is 9.55 Å². The molecule has 3 N–H and O–H groups in total. The molecule has 1 aromatic heterocycles. The van der Waals surface area contributed by atoms with Crippen molar-refractivity contribution in [1.29, 1.82) is 0 Å². The van der Waals surface area contributed by atoms with Gasteiger partial charge in [0.1, 0.15) is 5.82 Å². The highest BCUT2D eigenvalue weighted by molar-refractivity contribution is 6.01. The summed E-state index contributed by atoms with van der Waals surface area (Å²) in [5, 5.41) is 0. The maximum absolute atomic E-state index is 13.2. The number of nitrogens with zero attached hydrogens (tertiary/aromatic N) is 1. The van der Waals surface area contributed by atoms with Crippen LogP contribution >= 0.6 is 0 Å². The molecular weight excluding hydrogens is 261 g/mol. The van der Waals surface area contributed by atoms with E-state index in [2.05, 4.69) is 4.98 Å². The van der Waals surface area contributed by atoms with Gasteiger partial charge in [0.2, 0.25) is 0 Å². The molecule has 0 aliphatic carbocycles. The Morgan fingerprint density at radius 2 is 2.00 bits per heavy atom. The van der Waals surface area contributed by atoms with Crippen LogP contribution in [0, 0.1) is 5.82 Å². The molecule has 0 saturated heterocycles. The van der Waals surface area contributed by atoms with E-state index >= 15 is 0 Å². The summed E-state index contributed by atoms with van der Waals surface area (Å²) in [5.41, 5.74) is 6.46. The van der Waals surface area contributed by atoms with Crippen LogP contribution in [-0.4, -0.2) is 15.5 Å². The number of carbonyl (C=O) groups excluding carboxylic acids is 1. The lowest BCUT2D eigenvalue weighted by atomic mass is 10.2. The average molecular weight is 271 g/mol. The Hall–Kier alpha value is -2.89. The van der Waals surface area contributed by atoms with Gasteiger partial charge in [-0.3, -0.25) is 4.79 Å². The Bertz CT molecular complexity index is 880. The normalized spacial score (nSPS) is 10.8. The van der Waals surface area contributed by atoms with Crippen molar-refractivity contribution >= 4 is 22.6 Å². The van der Waals surface area contributed by atoms with Crippen LogP contribution in [0.4, 0.5) is 10.1 Å². The van der Waals surface area contributed by atoms with E-state index in [1.165, 1.54) is 24.3 Å². The number of nitrogens with two attached hydrogens (primary N) is 1. The maximum atomic E-state index is 13.2. The van der Waals surface area contributed by atoms with Crippen LogP contribution in [0.25, 0.3) is 11.0 Å². The first-order valence-corrected chi connectivity index (χ1v) is 5.87. The molecule has 0 amide bonds. The van der Waals surface area contributed by atoms with Crippen LogP contribution in [0.15, 0.2) is 47.3 Å². The van der Waals surface area contributed by atoms with E-state index in [9.17, 15) is 14.0 Å². The summed E-state index contributed by atoms with van der Waals surface area (Å²) in [7, 11) is 0. The molecule has 0 spiro atoms. The molecule has 0 fully saturated rings. The van der Waals surface area contributed by atoms with Crippen molar-refractivity contribution in [2.24, 2.45) is 0 Å². The number of hydrogen-bond donors (Lipinski definition) is 2. The van der Waals surface area contributed by atoms with Crippen LogP contribution in [0.1, 0.15) is 10.4 Å². The zero-order chi connectivity index (χ0) is 14.3. The second-order valence-electron chi connectivity index (χ2n) is 4.36. The molecule has 3 rings (SSSR count). The van der Waals surface area contributed by atoms with Crippen molar-refractivity contribution < 1.29 is 9.18 Å². The molecule has 0 unspecified atom stereocenters. The first-order valence-electron chi connectivity index (χ1n) is 5.87. The highest BCUT2D eigenvalue weighted by Crippen LogP contribution is 2.16. The molecule has 6 heteroatoms. The molecule has 2 aromatic carbocycles.